The molecule has 1 aliphatic heterocycles. The molecule has 1 rings (SSSR count). The molecule has 1 fully saturated rings. The van der Waals surface area contributed by atoms with Gasteiger partial charge in [0.2, 0.25) is 5.91 Å². The van der Waals surface area contributed by atoms with Gasteiger partial charge in [-0.15, -0.1) is 0 Å². The lowest BCUT2D eigenvalue weighted by Gasteiger charge is -2.12. The Kier molecular flexibility index (Phi) is 3.03. The summed E-state index contributed by atoms with van der Waals surface area (Å²) in [5.41, 5.74) is 0. The van der Waals surface area contributed by atoms with E-state index < -0.39 is 6.17 Å². The molecule has 1 amide bonds. The van der Waals surface area contributed by atoms with Gasteiger partial charge in [-0.05, 0) is 13.8 Å². The lowest BCUT2D eigenvalue weighted by Crippen LogP contribution is -2.43. The molecule has 0 saturated carbocycles. The highest BCUT2D eigenvalue weighted by atomic mass is 19.1. The van der Waals surface area contributed by atoms with E-state index in [0.29, 0.717) is 13.0 Å². The fraction of sp³-hybridized carbons (Fsp3) is 0.875. The summed E-state index contributed by atoms with van der Waals surface area (Å²) in [6.45, 7) is 4.08. The number of nitrogens with one attached hydrogen (secondary N) is 2. The van der Waals surface area contributed by atoms with Crippen LogP contribution >= 0.6 is 0 Å². The van der Waals surface area contributed by atoms with Gasteiger partial charge >= 0.3 is 0 Å². The maximum absolute atomic E-state index is 12.6. The molecule has 12 heavy (non-hydrogen) atoms. The summed E-state index contributed by atoms with van der Waals surface area (Å²) in [4.78, 5) is 11.3. The van der Waals surface area contributed by atoms with Crippen molar-refractivity contribution in [3.8, 4) is 0 Å². The van der Waals surface area contributed by atoms with Crippen LogP contribution in [0, 0.1) is 0 Å². The Labute approximate surface area is 71.7 Å². The topological polar surface area (TPSA) is 41.1 Å². The van der Waals surface area contributed by atoms with Crippen LogP contribution in [0.2, 0.25) is 0 Å². The van der Waals surface area contributed by atoms with Crippen LogP contribution in [0.25, 0.3) is 0 Å². The summed E-state index contributed by atoms with van der Waals surface area (Å²) in [6, 6.07) is -0.208. The molecule has 2 atom stereocenters. The number of carbonyl (C=O) groups is 1. The minimum Gasteiger partial charge on any atom is -0.353 e. The van der Waals surface area contributed by atoms with Gasteiger partial charge < -0.3 is 10.6 Å². The molecule has 70 valence electrons. The van der Waals surface area contributed by atoms with Crippen LogP contribution in [0.1, 0.15) is 20.3 Å². The van der Waals surface area contributed by atoms with Crippen molar-refractivity contribution >= 4 is 5.91 Å². The molecule has 0 unspecified atom stereocenters. The van der Waals surface area contributed by atoms with Gasteiger partial charge in [0.25, 0.3) is 0 Å². The zero-order valence-corrected chi connectivity index (χ0v) is 7.43. The molecular weight excluding hydrogens is 159 g/mol. The average Bonchev–Trinajstić information content (AvgIpc) is 2.34. The smallest absolute Gasteiger partial charge is 0.237 e. The first-order chi connectivity index (χ1) is 5.59. The second-order valence-electron chi connectivity index (χ2n) is 3.46. The van der Waals surface area contributed by atoms with E-state index in [1.54, 1.807) is 0 Å². The van der Waals surface area contributed by atoms with Crippen LogP contribution in [0.5, 0.6) is 0 Å². The van der Waals surface area contributed by atoms with Gasteiger partial charge in [0.15, 0.2) is 0 Å². The molecule has 0 aliphatic carbocycles. The van der Waals surface area contributed by atoms with E-state index in [1.807, 2.05) is 13.8 Å². The summed E-state index contributed by atoms with van der Waals surface area (Å²) in [6.07, 6.45) is -0.564. The minimum atomic E-state index is -0.868. The highest BCUT2D eigenvalue weighted by Crippen LogP contribution is 2.09. The van der Waals surface area contributed by atoms with Gasteiger partial charge in [-0.25, -0.2) is 4.39 Å². The first-order valence-electron chi connectivity index (χ1n) is 4.27. The van der Waals surface area contributed by atoms with Crippen LogP contribution < -0.4 is 10.6 Å². The van der Waals surface area contributed by atoms with E-state index >= 15 is 0 Å². The van der Waals surface area contributed by atoms with E-state index in [-0.39, 0.29) is 18.0 Å². The highest BCUT2D eigenvalue weighted by molar-refractivity contribution is 5.82. The number of rotatable bonds is 2. The highest BCUT2D eigenvalue weighted by Gasteiger charge is 2.29. The first-order valence-corrected chi connectivity index (χ1v) is 4.27. The number of hydrogen-bond donors (Lipinski definition) is 2. The molecular formula is C8H15FN2O. The Morgan fingerprint density at radius 3 is 2.75 bits per heavy atom. The first kappa shape index (κ1) is 9.45. The predicted molar refractivity (Wildman–Crippen MR) is 44.6 cm³/mol. The molecule has 0 aromatic heterocycles. The molecule has 1 aliphatic rings. The van der Waals surface area contributed by atoms with Crippen LogP contribution in [0.3, 0.4) is 0 Å². The summed E-state index contributed by atoms with van der Waals surface area (Å²) in [7, 11) is 0. The Hall–Kier alpha value is -0.640. The predicted octanol–water partition coefficient (Wildman–Crippen LogP) is 0.211. The van der Waals surface area contributed by atoms with Crippen molar-refractivity contribution in [1.29, 1.82) is 0 Å². The fourth-order valence-electron chi connectivity index (χ4n) is 1.28. The van der Waals surface area contributed by atoms with Gasteiger partial charge in [-0.1, -0.05) is 0 Å². The van der Waals surface area contributed by atoms with Gasteiger partial charge in [-0.2, -0.15) is 0 Å². The van der Waals surface area contributed by atoms with E-state index in [0.717, 1.165) is 0 Å². The molecule has 2 N–H and O–H groups in total. The molecule has 0 radical (unpaired) electrons. The van der Waals surface area contributed by atoms with E-state index in [2.05, 4.69) is 10.6 Å². The molecule has 3 nitrogen and oxygen atoms in total. The number of amides is 1. The number of halogens is 1. The Morgan fingerprint density at radius 1 is 1.67 bits per heavy atom. The van der Waals surface area contributed by atoms with E-state index in [9.17, 15) is 9.18 Å². The standard InChI is InChI=1S/C8H15FN2O/c1-5(2)11-8(12)7-3-6(9)4-10-7/h5-7,10H,3-4H2,1-2H3,(H,11,12)/t6-,7+/m1/s1. The van der Waals surface area contributed by atoms with Crippen molar-refractivity contribution in [1.82, 2.24) is 10.6 Å². The molecule has 0 aromatic rings. The molecule has 0 bridgehead atoms. The van der Waals surface area contributed by atoms with Crippen molar-refractivity contribution in [3.05, 3.63) is 0 Å². The fourth-order valence-corrected chi connectivity index (χ4v) is 1.28. The molecule has 1 saturated heterocycles. The number of hydrogen-bond acceptors (Lipinski definition) is 2. The monoisotopic (exact) mass is 174 g/mol. The van der Waals surface area contributed by atoms with Gasteiger partial charge in [-0.3, -0.25) is 4.79 Å². The lowest BCUT2D eigenvalue weighted by atomic mass is 10.2. The molecule has 0 aromatic carbocycles. The van der Waals surface area contributed by atoms with E-state index in [1.165, 1.54) is 0 Å². The summed E-state index contributed by atoms with van der Waals surface area (Å²) in [5, 5.41) is 5.56. The SMILES string of the molecule is CC(C)NC(=O)[C@@H]1C[C@@H](F)CN1. The summed E-state index contributed by atoms with van der Waals surface area (Å²) in [5.74, 6) is -0.0925. The third kappa shape index (κ3) is 2.44. The zero-order valence-electron chi connectivity index (χ0n) is 7.43. The normalized spacial score (nSPS) is 29.3. The largest absolute Gasteiger partial charge is 0.353 e. The summed E-state index contributed by atoms with van der Waals surface area (Å²) >= 11 is 0. The molecule has 0 spiro atoms. The van der Waals surface area contributed by atoms with Crippen LogP contribution in [0.15, 0.2) is 0 Å². The summed E-state index contributed by atoms with van der Waals surface area (Å²) < 4.78 is 12.6. The lowest BCUT2D eigenvalue weighted by molar-refractivity contribution is -0.123. The zero-order chi connectivity index (χ0) is 9.14. The number of carbonyl (C=O) groups excluding carboxylic acids is 1. The van der Waals surface area contributed by atoms with Crippen LogP contribution in [0.4, 0.5) is 4.39 Å². The Morgan fingerprint density at radius 2 is 2.33 bits per heavy atom. The third-order valence-corrected chi connectivity index (χ3v) is 1.82. The van der Waals surface area contributed by atoms with Crippen molar-refractivity contribution in [2.24, 2.45) is 0 Å². The quantitative estimate of drug-likeness (QED) is 0.628. The van der Waals surface area contributed by atoms with Gasteiger partial charge in [0, 0.05) is 19.0 Å². The third-order valence-electron chi connectivity index (χ3n) is 1.82. The Balaban J connectivity index is 2.33. The van der Waals surface area contributed by atoms with Crippen molar-refractivity contribution < 1.29 is 9.18 Å². The average molecular weight is 174 g/mol. The maximum Gasteiger partial charge on any atom is 0.237 e. The second kappa shape index (κ2) is 3.85. The van der Waals surface area contributed by atoms with Crippen LogP contribution in [-0.4, -0.2) is 30.7 Å². The Bertz CT molecular complexity index is 172. The van der Waals surface area contributed by atoms with Crippen LogP contribution in [-0.2, 0) is 4.79 Å². The van der Waals surface area contributed by atoms with E-state index in [4.69, 9.17) is 0 Å². The molecule has 1 heterocycles. The van der Waals surface area contributed by atoms with Crippen molar-refractivity contribution in [2.75, 3.05) is 6.54 Å². The van der Waals surface area contributed by atoms with Gasteiger partial charge in [0.1, 0.15) is 6.17 Å². The maximum atomic E-state index is 12.6. The second-order valence-corrected chi connectivity index (χ2v) is 3.46. The number of alkyl halides is 1. The van der Waals surface area contributed by atoms with Crippen molar-refractivity contribution in [3.63, 3.8) is 0 Å². The van der Waals surface area contributed by atoms with Crippen molar-refractivity contribution in [2.45, 2.75) is 38.5 Å². The van der Waals surface area contributed by atoms with Gasteiger partial charge in [0.05, 0.1) is 6.04 Å². The molecule has 4 heteroatoms. The minimum absolute atomic E-state index is 0.0925.